The first-order valence-corrected chi connectivity index (χ1v) is 5.05. The summed E-state index contributed by atoms with van der Waals surface area (Å²) in [5, 5.41) is 0.365. The number of alkyl halides is 1. The van der Waals surface area contributed by atoms with Crippen molar-refractivity contribution in [3.63, 3.8) is 0 Å². The van der Waals surface area contributed by atoms with E-state index < -0.39 is 0 Å². The van der Waals surface area contributed by atoms with Gasteiger partial charge in [0.25, 0.3) is 0 Å². The lowest BCUT2D eigenvalue weighted by molar-refractivity contribution is -0.127. The number of pyridine rings is 1. The van der Waals surface area contributed by atoms with E-state index in [-0.39, 0.29) is 5.91 Å². The summed E-state index contributed by atoms with van der Waals surface area (Å²) in [7, 11) is 1.77. The van der Waals surface area contributed by atoms with Crippen LogP contribution >= 0.6 is 15.9 Å². The minimum atomic E-state index is 0.0730. The van der Waals surface area contributed by atoms with Crippen LogP contribution in [0.15, 0.2) is 24.5 Å². The van der Waals surface area contributed by atoms with Crippen molar-refractivity contribution in [1.29, 1.82) is 0 Å². The van der Waals surface area contributed by atoms with Gasteiger partial charge in [0.1, 0.15) is 0 Å². The van der Waals surface area contributed by atoms with Gasteiger partial charge in [-0.05, 0) is 11.6 Å². The highest BCUT2D eigenvalue weighted by molar-refractivity contribution is 9.09. The lowest BCUT2D eigenvalue weighted by Crippen LogP contribution is -2.26. The molecule has 0 saturated carbocycles. The number of carbonyl (C=O) groups is 1. The van der Waals surface area contributed by atoms with Gasteiger partial charge in [0.15, 0.2) is 0 Å². The third-order valence-electron chi connectivity index (χ3n) is 1.68. The van der Waals surface area contributed by atoms with E-state index in [9.17, 15) is 4.79 Å². The fourth-order valence-corrected chi connectivity index (χ4v) is 1.38. The largest absolute Gasteiger partial charge is 0.341 e. The second-order valence-electron chi connectivity index (χ2n) is 2.74. The van der Waals surface area contributed by atoms with E-state index in [1.54, 1.807) is 24.3 Å². The smallest absolute Gasteiger partial charge is 0.233 e. The van der Waals surface area contributed by atoms with Gasteiger partial charge < -0.3 is 4.90 Å². The Hall–Kier alpha value is -0.900. The van der Waals surface area contributed by atoms with Crippen LogP contribution in [0.5, 0.6) is 0 Å². The van der Waals surface area contributed by atoms with Crippen LogP contribution in [0.4, 0.5) is 0 Å². The predicted octanol–water partition coefficient (Wildman–Crippen LogP) is 1.43. The zero-order valence-electron chi connectivity index (χ0n) is 7.40. The van der Waals surface area contributed by atoms with Gasteiger partial charge >= 0.3 is 0 Å². The Morgan fingerprint density at radius 3 is 3.00 bits per heavy atom. The minimum Gasteiger partial charge on any atom is -0.341 e. The van der Waals surface area contributed by atoms with Crippen molar-refractivity contribution >= 4 is 21.8 Å². The second kappa shape index (κ2) is 4.97. The highest BCUT2D eigenvalue weighted by Gasteiger charge is 2.06. The average Bonchev–Trinajstić information content (AvgIpc) is 2.18. The summed E-state index contributed by atoms with van der Waals surface area (Å²) < 4.78 is 0. The van der Waals surface area contributed by atoms with Crippen LogP contribution < -0.4 is 0 Å². The van der Waals surface area contributed by atoms with Crippen LogP contribution in [0.1, 0.15) is 5.56 Å². The van der Waals surface area contributed by atoms with Crippen molar-refractivity contribution in [2.45, 2.75) is 6.54 Å². The van der Waals surface area contributed by atoms with E-state index in [4.69, 9.17) is 0 Å². The molecule has 0 N–H and O–H groups in total. The fraction of sp³-hybridized carbons (Fsp3) is 0.333. The summed E-state index contributed by atoms with van der Waals surface area (Å²) >= 11 is 3.12. The molecule has 0 bridgehead atoms. The molecule has 1 amide bonds. The summed E-state index contributed by atoms with van der Waals surface area (Å²) in [5.74, 6) is 0.0730. The molecular weight excluding hydrogens is 232 g/mol. The maximum Gasteiger partial charge on any atom is 0.233 e. The zero-order valence-corrected chi connectivity index (χ0v) is 8.99. The van der Waals surface area contributed by atoms with Crippen LogP contribution in [0, 0.1) is 0 Å². The van der Waals surface area contributed by atoms with Gasteiger partial charge in [0.05, 0.1) is 5.33 Å². The molecule has 3 nitrogen and oxygen atoms in total. The summed E-state index contributed by atoms with van der Waals surface area (Å²) in [6.07, 6.45) is 3.48. The third-order valence-corrected chi connectivity index (χ3v) is 2.16. The fourth-order valence-electron chi connectivity index (χ4n) is 0.956. The Balaban J connectivity index is 2.55. The SMILES string of the molecule is CN(Cc1cccnc1)C(=O)CBr. The summed E-state index contributed by atoms with van der Waals surface area (Å²) in [4.78, 5) is 16.8. The average molecular weight is 243 g/mol. The van der Waals surface area contributed by atoms with Crippen LogP contribution in [0.2, 0.25) is 0 Å². The van der Waals surface area contributed by atoms with E-state index in [1.165, 1.54) is 0 Å². The third kappa shape index (κ3) is 3.14. The summed E-state index contributed by atoms with van der Waals surface area (Å²) in [6, 6.07) is 3.81. The topological polar surface area (TPSA) is 33.2 Å². The highest BCUT2D eigenvalue weighted by atomic mass is 79.9. The molecule has 0 unspecified atom stereocenters. The molecule has 1 aromatic rings. The van der Waals surface area contributed by atoms with Gasteiger partial charge in [0, 0.05) is 26.0 Å². The lowest BCUT2D eigenvalue weighted by Gasteiger charge is -2.15. The van der Waals surface area contributed by atoms with Crippen LogP contribution in [-0.4, -0.2) is 28.2 Å². The van der Waals surface area contributed by atoms with E-state index in [1.807, 2.05) is 12.1 Å². The molecule has 0 spiro atoms. The molecule has 0 aliphatic carbocycles. The molecule has 4 heteroatoms. The van der Waals surface area contributed by atoms with Crippen LogP contribution in [0.3, 0.4) is 0 Å². The summed E-state index contributed by atoms with van der Waals surface area (Å²) in [5.41, 5.74) is 1.04. The van der Waals surface area contributed by atoms with Gasteiger partial charge in [-0.15, -0.1) is 0 Å². The Bertz CT molecular complexity index is 276. The standard InChI is InChI=1S/C9H11BrN2O/c1-12(9(13)5-10)7-8-3-2-4-11-6-8/h2-4,6H,5,7H2,1H3. The number of halogens is 1. The van der Waals surface area contributed by atoms with Gasteiger partial charge in [-0.3, -0.25) is 9.78 Å². The number of hydrogen-bond acceptors (Lipinski definition) is 2. The quantitative estimate of drug-likeness (QED) is 0.752. The molecule has 70 valence electrons. The molecule has 0 aliphatic rings. The molecule has 0 saturated heterocycles. The van der Waals surface area contributed by atoms with E-state index in [2.05, 4.69) is 20.9 Å². The molecular formula is C9H11BrN2O. The molecule has 1 aromatic heterocycles. The molecule has 0 radical (unpaired) electrons. The minimum absolute atomic E-state index is 0.0730. The van der Waals surface area contributed by atoms with Gasteiger partial charge in [-0.1, -0.05) is 22.0 Å². The van der Waals surface area contributed by atoms with Crippen molar-refractivity contribution in [2.24, 2.45) is 0 Å². The van der Waals surface area contributed by atoms with E-state index >= 15 is 0 Å². The van der Waals surface area contributed by atoms with Gasteiger partial charge in [-0.25, -0.2) is 0 Å². The Morgan fingerprint density at radius 1 is 1.69 bits per heavy atom. The Morgan fingerprint density at radius 2 is 2.46 bits per heavy atom. The molecule has 13 heavy (non-hydrogen) atoms. The van der Waals surface area contributed by atoms with Gasteiger partial charge in [-0.2, -0.15) is 0 Å². The number of carbonyl (C=O) groups excluding carboxylic acids is 1. The summed E-state index contributed by atoms with van der Waals surface area (Å²) in [6.45, 7) is 0.609. The van der Waals surface area contributed by atoms with Crippen molar-refractivity contribution in [2.75, 3.05) is 12.4 Å². The highest BCUT2D eigenvalue weighted by Crippen LogP contribution is 2.01. The molecule has 0 aliphatic heterocycles. The molecule has 1 rings (SSSR count). The number of hydrogen-bond donors (Lipinski definition) is 0. The number of nitrogens with zero attached hydrogens (tertiary/aromatic N) is 2. The van der Waals surface area contributed by atoms with Crippen molar-refractivity contribution in [3.8, 4) is 0 Å². The Kier molecular flexibility index (Phi) is 3.89. The van der Waals surface area contributed by atoms with E-state index in [0.717, 1.165) is 5.56 Å². The van der Waals surface area contributed by atoms with Crippen LogP contribution in [0.25, 0.3) is 0 Å². The molecule has 0 aromatic carbocycles. The first-order valence-electron chi connectivity index (χ1n) is 3.93. The monoisotopic (exact) mass is 242 g/mol. The molecule has 1 heterocycles. The normalized spacial score (nSPS) is 9.69. The zero-order chi connectivity index (χ0) is 9.68. The van der Waals surface area contributed by atoms with Crippen molar-refractivity contribution in [1.82, 2.24) is 9.88 Å². The Labute approximate surface area is 85.9 Å². The lowest BCUT2D eigenvalue weighted by atomic mass is 10.3. The van der Waals surface area contributed by atoms with Crippen LogP contribution in [-0.2, 0) is 11.3 Å². The van der Waals surface area contributed by atoms with Gasteiger partial charge in [0.2, 0.25) is 5.91 Å². The molecule has 0 fully saturated rings. The van der Waals surface area contributed by atoms with E-state index in [0.29, 0.717) is 11.9 Å². The maximum absolute atomic E-state index is 11.2. The predicted molar refractivity (Wildman–Crippen MR) is 54.5 cm³/mol. The first kappa shape index (κ1) is 10.2. The number of aromatic nitrogens is 1. The van der Waals surface area contributed by atoms with Crippen molar-refractivity contribution < 1.29 is 4.79 Å². The van der Waals surface area contributed by atoms with Crippen molar-refractivity contribution in [3.05, 3.63) is 30.1 Å². The maximum atomic E-state index is 11.2. The second-order valence-corrected chi connectivity index (χ2v) is 3.31. The molecule has 0 atom stereocenters. The number of amides is 1. The number of rotatable bonds is 3. The first-order chi connectivity index (χ1) is 6.24.